The number of amides is 1. The van der Waals surface area contributed by atoms with E-state index in [4.69, 9.17) is 0 Å². The third kappa shape index (κ3) is 4.03. The molecule has 1 aliphatic carbocycles. The van der Waals surface area contributed by atoms with E-state index >= 15 is 0 Å². The predicted molar refractivity (Wildman–Crippen MR) is 74.6 cm³/mol. The summed E-state index contributed by atoms with van der Waals surface area (Å²) in [6.07, 6.45) is 3.00. The molecule has 0 aromatic heterocycles. The minimum Gasteiger partial charge on any atom is -0.355 e. The molecular weight excluding hydrogens is 281 g/mol. The van der Waals surface area contributed by atoms with Gasteiger partial charge in [0.2, 0.25) is 5.91 Å². The van der Waals surface area contributed by atoms with Crippen molar-refractivity contribution in [3.05, 3.63) is 35.6 Å². The monoisotopic (exact) mass is 299 g/mol. The normalized spacial score (nSPS) is 16.7. The maximum atomic E-state index is 12.9. The minimum absolute atomic E-state index is 0.0155. The fourth-order valence-electron chi connectivity index (χ4n) is 2.16. The lowest BCUT2D eigenvalue weighted by atomic mass is 9.96. The van der Waals surface area contributed by atoms with Crippen LogP contribution in [0.15, 0.2) is 24.3 Å². The van der Waals surface area contributed by atoms with Gasteiger partial charge in [0.05, 0.1) is 5.75 Å². The molecule has 4 nitrogen and oxygen atoms in total. The van der Waals surface area contributed by atoms with Crippen LogP contribution in [0.25, 0.3) is 0 Å². The molecule has 1 N–H and O–H groups in total. The summed E-state index contributed by atoms with van der Waals surface area (Å²) in [6, 6.07) is 6.32. The first-order valence-electron chi connectivity index (χ1n) is 6.51. The van der Waals surface area contributed by atoms with Crippen LogP contribution in [-0.4, -0.2) is 32.9 Å². The Labute approximate surface area is 118 Å². The van der Waals surface area contributed by atoms with Crippen molar-refractivity contribution in [2.45, 2.75) is 24.7 Å². The zero-order valence-electron chi connectivity index (χ0n) is 11.4. The van der Waals surface area contributed by atoms with E-state index in [1.54, 1.807) is 12.1 Å². The third-order valence-corrected chi connectivity index (χ3v) is 4.58. The molecule has 0 unspecified atom stereocenters. The summed E-state index contributed by atoms with van der Waals surface area (Å²) in [4.78, 5) is 11.6. The van der Waals surface area contributed by atoms with Crippen molar-refractivity contribution in [1.29, 1.82) is 0 Å². The molecule has 1 amide bonds. The maximum Gasteiger partial charge on any atom is 0.221 e. The number of benzene rings is 1. The molecule has 6 heteroatoms. The average molecular weight is 299 g/mol. The van der Waals surface area contributed by atoms with E-state index in [0.29, 0.717) is 6.54 Å². The Bertz CT molecular complexity index is 591. The molecule has 0 aliphatic heterocycles. The fraction of sp³-hybridized carbons (Fsp3) is 0.500. The second-order valence-corrected chi connectivity index (χ2v) is 7.70. The van der Waals surface area contributed by atoms with Crippen molar-refractivity contribution in [3.63, 3.8) is 0 Å². The van der Waals surface area contributed by atoms with Crippen molar-refractivity contribution >= 4 is 15.7 Å². The van der Waals surface area contributed by atoms with Crippen LogP contribution in [0.5, 0.6) is 0 Å². The highest BCUT2D eigenvalue weighted by Crippen LogP contribution is 2.47. The Morgan fingerprint density at radius 2 is 1.90 bits per heavy atom. The van der Waals surface area contributed by atoms with Gasteiger partial charge in [-0.25, -0.2) is 12.8 Å². The Balaban J connectivity index is 1.87. The van der Waals surface area contributed by atoms with Crippen molar-refractivity contribution in [2.24, 2.45) is 0 Å². The lowest BCUT2D eigenvalue weighted by Crippen LogP contribution is -2.33. The summed E-state index contributed by atoms with van der Waals surface area (Å²) in [5.74, 6) is -0.673. The summed E-state index contributed by atoms with van der Waals surface area (Å²) in [7, 11) is -3.12. The molecule has 1 aromatic carbocycles. The largest absolute Gasteiger partial charge is 0.355 e. The molecule has 0 saturated heterocycles. The first-order chi connectivity index (χ1) is 9.31. The molecule has 0 bridgehead atoms. The van der Waals surface area contributed by atoms with E-state index in [9.17, 15) is 17.6 Å². The number of hydrogen-bond donors (Lipinski definition) is 1. The number of sulfone groups is 1. The second-order valence-electron chi connectivity index (χ2n) is 5.44. The fourth-order valence-corrected chi connectivity index (χ4v) is 2.71. The highest BCUT2D eigenvalue weighted by molar-refractivity contribution is 7.90. The van der Waals surface area contributed by atoms with Gasteiger partial charge < -0.3 is 5.32 Å². The number of rotatable bonds is 6. The predicted octanol–water partition coefficient (Wildman–Crippen LogP) is 1.41. The zero-order valence-corrected chi connectivity index (χ0v) is 12.2. The molecule has 1 aliphatic rings. The second kappa shape index (κ2) is 5.52. The molecule has 0 spiro atoms. The molecule has 2 rings (SSSR count). The summed E-state index contributed by atoms with van der Waals surface area (Å²) in [6.45, 7) is 0.473. The van der Waals surface area contributed by atoms with Gasteiger partial charge in [-0.1, -0.05) is 12.1 Å². The molecule has 20 heavy (non-hydrogen) atoms. The average Bonchev–Trinajstić information content (AvgIpc) is 3.15. The van der Waals surface area contributed by atoms with E-state index in [1.807, 2.05) is 0 Å². The Hall–Kier alpha value is -1.43. The van der Waals surface area contributed by atoms with Gasteiger partial charge in [0.1, 0.15) is 15.7 Å². The van der Waals surface area contributed by atoms with E-state index in [2.05, 4.69) is 5.32 Å². The summed E-state index contributed by atoms with van der Waals surface area (Å²) in [5.41, 5.74) is 0.913. The standard InChI is InChI=1S/C14H18FNO3S/c1-20(18,19)9-6-13(17)16-10-14(7-8-14)11-2-4-12(15)5-3-11/h2-5H,6-10H2,1H3,(H,16,17). The van der Waals surface area contributed by atoms with Crippen LogP contribution in [0.1, 0.15) is 24.8 Å². The summed E-state index contributed by atoms with van der Waals surface area (Å²) < 4.78 is 34.9. The molecule has 0 atom stereocenters. The molecule has 110 valence electrons. The van der Waals surface area contributed by atoms with Gasteiger partial charge in [-0.3, -0.25) is 4.79 Å². The third-order valence-electron chi connectivity index (χ3n) is 3.63. The van der Waals surface area contributed by atoms with Gasteiger partial charge in [-0.2, -0.15) is 0 Å². The summed E-state index contributed by atoms with van der Waals surface area (Å²) >= 11 is 0. The smallest absolute Gasteiger partial charge is 0.221 e. The highest BCUT2D eigenvalue weighted by Gasteiger charge is 2.44. The van der Waals surface area contributed by atoms with Crippen LogP contribution < -0.4 is 5.32 Å². The SMILES string of the molecule is CS(=O)(=O)CCC(=O)NCC1(c2ccc(F)cc2)CC1. The lowest BCUT2D eigenvalue weighted by molar-refractivity contribution is -0.120. The molecule has 1 aromatic rings. The van der Waals surface area contributed by atoms with Crippen LogP contribution in [0.3, 0.4) is 0 Å². The Morgan fingerprint density at radius 3 is 2.40 bits per heavy atom. The van der Waals surface area contributed by atoms with Crippen LogP contribution in [-0.2, 0) is 20.0 Å². The topological polar surface area (TPSA) is 63.2 Å². The Morgan fingerprint density at radius 1 is 1.30 bits per heavy atom. The van der Waals surface area contributed by atoms with E-state index in [0.717, 1.165) is 24.7 Å². The van der Waals surface area contributed by atoms with E-state index in [1.165, 1.54) is 12.1 Å². The number of carbonyl (C=O) groups is 1. The van der Waals surface area contributed by atoms with E-state index < -0.39 is 9.84 Å². The van der Waals surface area contributed by atoms with Crippen molar-refractivity contribution in [3.8, 4) is 0 Å². The van der Waals surface area contributed by atoms with Crippen LogP contribution in [0.2, 0.25) is 0 Å². The van der Waals surface area contributed by atoms with Crippen molar-refractivity contribution in [2.75, 3.05) is 18.6 Å². The van der Waals surface area contributed by atoms with Crippen LogP contribution in [0, 0.1) is 5.82 Å². The van der Waals surface area contributed by atoms with Gasteiger partial charge in [-0.05, 0) is 30.5 Å². The molecule has 0 radical (unpaired) electrons. The first kappa shape index (κ1) is 15.0. The van der Waals surface area contributed by atoms with Gasteiger partial charge in [0, 0.05) is 24.6 Å². The number of nitrogens with one attached hydrogen (secondary N) is 1. The first-order valence-corrected chi connectivity index (χ1v) is 8.57. The number of carbonyl (C=O) groups excluding carboxylic acids is 1. The summed E-state index contributed by atoms with van der Waals surface area (Å²) in [5, 5.41) is 2.77. The molecular formula is C14H18FNO3S. The number of hydrogen-bond acceptors (Lipinski definition) is 3. The van der Waals surface area contributed by atoms with Gasteiger partial charge in [-0.15, -0.1) is 0 Å². The van der Waals surface area contributed by atoms with Crippen molar-refractivity contribution < 1.29 is 17.6 Å². The van der Waals surface area contributed by atoms with Gasteiger partial charge in [0.25, 0.3) is 0 Å². The maximum absolute atomic E-state index is 12.9. The minimum atomic E-state index is -3.12. The lowest BCUT2D eigenvalue weighted by Gasteiger charge is -2.16. The van der Waals surface area contributed by atoms with Gasteiger partial charge >= 0.3 is 0 Å². The number of halogens is 1. The van der Waals surface area contributed by atoms with Crippen LogP contribution >= 0.6 is 0 Å². The quantitative estimate of drug-likeness (QED) is 0.864. The molecule has 0 heterocycles. The Kier molecular flexibility index (Phi) is 4.13. The molecule has 1 saturated carbocycles. The van der Waals surface area contributed by atoms with Gasteiger partial charge in [0.15, 0.2) is 0 Å². The van der Waals surface area contributed by atoms with Crippen LogP contribution in [0.4, 0.5) is 4.39 Å². The van der Waals surface area contributed by atoms with Crippen molar-refractivity contribution in [1.82, 2.24) is 5.32 Å². The van der Waals surface area contributed by atoms with E-state index in [-0.39, 0.29) is 29.3 Å². The highest BCUT2D eigenvalue weighted by atomic mass is 32.2. The zero-order chi connectivity index (χ0) is 14.8. The molecule has 1 fully saturated rings.